The maximum atomic E-state index is 13.1. The molecule has 2 aliphatic rings. The highest BCUT2D eigenvalue weighted by Crippen LogP contribution is 2.16. The number of hydrogen-bond acceptors (Lipinski definition) is 5. The molecule has 0 bridgehead atoms. The van der Waals surface area contributed by atoms with Gasteiger partial charge < -0.3 is 15.1 Å². The van der Waals surface area contributed by atoms with Crippen LogP contribution in [-0.4, -0.2) is 76.2 Å². The van der Waals surface area contributed by atoms with E-state index >= 15 is 0 Å². The normalized spacial score (nSPS) is 16.8. The van der Waals surface area contributed by atoms with Crippen molar-refractivity contribution in [2.24, 2.45) is 0 Å². The van der Waals surface area contributed by atoms with Crippen LogP contribution in [0.3, 0.4) is 0 Å². The van der Waals surface area contributed by atoms with Gasteiger partial charge in [-0.2, -0.15) is 0 Å². The van der Waals surface area contributed by atoms with Crippen molar-refractivity contribution in [2.45, 2.75) is 32.0 Å². The summed E-state index contributed by atoms with van der Waals surface area (Å²) in [6.07, 6.45) is 3.14. The maximum absolute atomic E-state index is 13.1. The molecule has 39 heavy (non-hydrogen) atoms. The van der Waals surface area contributed by atoms with Crippen LogP contribution < -0.4 is 5.32 Å². The molecule has 0 atom stereocenters. The Balaban J connectivity index is 1.08. The second kappa shape index (κ2) is 12.2. The van der Waals surface area contributed by atoms with Gasteiger partial charge in [0.1, 0.15) is 18.1 Å². The lowest BCUT2D eigenvalue weighted by Crippen LogP contribution is -2.51. The quantitative estimate of drug-likeness (QED) is 0.509. The Bertz CT molecular complexity index is 1290. The molecular formula is C30H32FN5O3. The molecule has 2 aromatic carbocycles. The van der Waals surface area contributed by atoms with E-state index in [2.05, 4.69) is 27.3 Å². The number of piperazine rings is 1. The van der Waals surface area contributed by atoms with Crippen LogP contribution in [0, 0.1) is 5.82 Å². The molecule has 3 amide bonds. The molecule has 202 valence electrons. The summed E-state index contributed by atoms with van der Waals surface area (Å²) in [4.78, 5) is 48.2. The highest BCUT2D eigenvalue weighted by Gasteiger charge is 2.28. The van der Waals surface area contributed by atoms with Gasteiger partial charge in [0, 0.05) is 51.5 Å². The zero-order valence-corrected chi connectivity index (χ0v) is 21.8. The van der Waals surface area contributed by atoms with E-state index in [0.29, 0.717) is 25.2 Å². The molecule has 0 spiro atoms. The standard InChI is InChI=1S/C30H32FN5O3/c31-25-9-6-23(7-10-25)20-35-16-17-36(21-28(35)37)30(39)24-8-11-27(32-18-24)29(38)33-26-12-14-34(15-13-26)19-22-4-2-1-3-5-22/h1-11,18,26H,12-17,19-21H2,(H,33,38). The van der Waals surface area contributed by atoms with Crippen LogP contribution in [0.5, 0.6) is 0 Å². The van der Waals surface area contributed by atoms with Crippen LogP contribution in [0.25, 0.3) is 0 Å². The first-order valence-corrected chi connectivity index (χ1v) is 13.3. The summed E-state index contributed by atoms with van der Waals surface area (Å²) in [5.41, 5.74) is 2.72. The highest BCUT2D eigenvalue weighted by atomic mass is 19.1. The van der Waals surface area contributed by atoms with Crippen molar-refractivity contribution in [3.63, 3.8) is 0 Å². The van der Waals surface area contributed by atoms with Crippen molar-refractivity contribution in [1.29, 1.82) is 0 Å². The van der Waals surface area contributed by atoms with E-state index in [1.54, 1.807) is 29.2 Å². The van der Waals surface area contributed by atoms with E-state index in [-0.39, 0.29) is 41.8 Å². The first kappa shape index (κ1) is 26.5. The van der Waals surface area contributed by atoms with E-state index in [1.165, 1.54) is 28.8 Å². The second-order valence-corrected chi connectivity index (χ2v) is 10.1. The summed E-state index contributed by atoms with van der Waals surface area (Å²) < 4.78 is 13.1. The number of nitrogens with zero attached hydrogens (tertiary/aromatic N) is 4. The van der Waals surface area contributed by atoms with Gasteiger partial charge in [-0.1, -0.05) is 42.5 Å². The maximum Gasteiger partial charge on any atom is 0.270 e. The van der Waals surface area contributed by atoms with Crippen LogP contribution in [0.1, 0.15) is 44.8 Å². The number of halogens is 1. The number of benzene rings is 2. The topological polar surface area (TPSA) is 85.9 Å². The summed E-state index contributed by atoms with van der Waals surface area (Å²) in [7, 11) is 0. The van der Waals surface area contributed by atoms with Crippen molar-refractivity contribution in [3.8, 4) is 0 Å². The molecule has 2 aliphatic heterocycles. The predicted octanol–water partition coefficient (Wildman–Crippen LogP) is 3.10. The molecular weight excluding hydrogens is 497 g/mol. The number of rotatable bonds is 7. The lowest BCUT2D eigenvalue weighted by Gasteiger charge is -2.34. The van der Waals surface area contributed by atoms with Crippen molar-refractivity contribution >= 4 is 17.7 Å². The van der Waals surface area contributed by atoms with E-state index in [1.807, 2.05) is 18.2 Å². The average Bonchev–Trinajstić information content (AvgIpc) is 2.96. The van der Waals surface area contributed by atoms with Gasteiger partial charge >= 0.3 is 0 Å². The Morgan fingerprint density at radius 1 is 0.872 bits per heavy atom. The van der Waals surface area contributed by atoms with Gasteiger partial charge in [-0.25, -0.2) is 4.39 Å². The first-order chi connectivity index (χ1) is 18.9. The molecule has 1 N–H and O–H groups in total. The molecule has 8 nitrogen and oxygen atoms in total. The molecule has 2 saturated heterocycles. The Morgan fingerprint density at radius 2 is 1.59 bits per heavy atom. The third kappa shape index (κ3) is 6.86. The number of piperidine rings is 1. The fourth-order valence-electron chi connectivity index (χ4n) is 5.03. The number of hydrogen-bond donors (Lipinski definition) is 1. The summed E-state index contributed by atoms with van der Waals surface area (Å²) in [6, 6.07) is 19.6. The fraction of sp³-hybridized carbons (Fsp3) is 0.333. The molecule has 1 aromatic heterocycles. The highest BCUT2D eigenvalue weighted by molar-refractivity contribution is 5.98. The van der Waals surface area contributed by atoms with Gasteiger partial charge in [-0.3, -0.25) is 24.3 Å². The van der Waals surface area contributed by atoms with Crippen molar-refractivity contribution in [2.75, 3.05) is 32.7 Å². The van der Waals surface area contributed by atoms with Gasteiger partial charge in [0.25, 0.3) is 11.8 Å². The van der Waals surface area contributed by atoms with Crippen LogP contribution in [0.15, 0.2) is 72.9 Å². The van der Waals surface area contributed by atoms with Crippen LogP contribution >= 0.6 is 0 Å². The van der Waals surface area contributed by atoms with Gasteiger partial charge in [-0.05, 0) is 48.2 Å². The average molecular weight is 530 g/mol. The third-order valence-electron chi connectivity index (χ3n) is 7.31. The van der Waals surface area contributed by atoms with E-state index < -0.39 is 0 Å². The first-order valence-electron chi connectivity index (χ1n) is 13.3. The monoisotopic (exact) mass is 529 g/mol. The summed E-state index contributed by atoms with van der Waals surface area (Å²) in [5, 5.41) is 3.07. The summed E-state index contributed by atoms with van der Waals surface area (Å²) in [6.45, 7) is 3.85. The molecule has 3 heterocycles. The second-order valence-electron chi connectivity index (χ2n) is 10.1. The van der Waals surface area contributed by atoms with Crippen LogP contribution in [0.4, 0.5) is 4.39 Å². The molecule has 0 unspecified atom stereocenters. The Labute approximate surface area is 227 Å². The molecule has 3 aromatic rings. The van der Waals surface area contributed by atoms with E-state index in [0.717, 1.165) is 38.0 Å². The number of aromatic nitrogens is 1. The number of carbonyl (C=O) groups is 3. The van der Waals surface area contributed by atoms with Crippen LogP contribution in [-0.2, 0) is 17.9 Å². The Morgan fingerprint density at radius 3 is 2.26 bits per heavy atom. The Hall–Kier alpha value is -4.11. The molecule has 0 aliphatic carbocycles. The largest absolute Gasteiger partial charge is 0.348 e. The minimum Gasteiger partial charge on any atom is -0.348 e. The Kier molecular flexibility index (Phi) is 8.27. The fourth-order valence-corrected chi connectivity index (χ4v) is 5.03. The smallest absolute Gasteiger partial charge is 0.270 e. The minimum atomic E-state index is -0.322. The van der Waals surface area contributed by atoms with Gasteiger partial charge in [0.05, 0.1) is 5.56 Å². The van der Waals surface area contributed by atoms with Gasteiger partial charge in [0.15, 0.2) is 0 Å². The summed E-state index contributed by atoms with van der Waals surface area (Å²) >= 11 is 0. The molecule has 0 radical (unpaired) electrons. The summed E-state index contributed by atoms with van der Waals surface area (Å²) in [5.74, 6) is -1.04. The predicted molar refractivity (Wildman–Crippen MR) is 144 cm³/mol. The molecule has 5 rings (SSSR count). The minimum absolute atomic E-state index is 0.0365. The van der Waals surface area contributed by atoms with E-state index in [9.17, 15) is 18.8 Å². The van der Waals surface area contributed by atoms with Crippen molar-refractivity contribution in [1.82, 2.24) is 25.0 Å². The molecule has 9 heteroatoms. The van der Waals surface area contributed by atoms with Crippen molar-refractivity contribution < 1.29 is 18.8 Å². The number of carbonyl (C=O) groups excluding carboxylic acids is 3. The number of pyridine rings is 1. The molecule has 0 saturated carbocycles. The van der Waals surface area contributed by atoms with Gasteiger partial charge in [0.2, 0.25) is 5.91 Å². The number of likely N-dealkylation sites (tertiary alicyclic amines) is 1. The lowest BCUT2D eigenvalue weighted by molar-refractivity contribution is -0.135. The van der Waals surface area contributed by atoms with Crippen molar-refractivity contribution in [3.05, 3.63) is 101 Å². The zero-order valence-electron chi connectivity index (χ0n) is 21.8. The number of nitrogens with one attached hydrogen (secondary N) is 1. The zero-order chi connectivity index (χ0) is 27.2. The van der Waals surface area contributed by atoms with Gasteiger partial charge in [-0.15, -0.1) is 0 Å². The SMILES string of the molecule is O=C(NC1CCN(Cc2ccccc2)CC1)c1ccc(C(=O)N2CCN(Cc3ccc(F)cc3)C(=O)C2)cn1. The lowest BCUT2D eigenvalue weighted by atomic mass is 10.0. The van der Waals surface area contributed by atoms with Crippen LogP contribution in [0.2, 0.25) is 0 Å². The third-order valence-corrected chi connectivity index (χ3v) is 7.31. The van der Waals surface area contributed by atoms with E-state index in [4.69, 9.17) is 0 Å². The molecule has 2 fully saturated rings. The number of amides is 3.